The molecule has 6 heteroatoms. The van der Waals surface area contributed by atoms with Crippen molar-refractivity contribution in [3.63, 3.8) is 0 Å². The first-order chi connectivity index (χ1) is 11.6. The summed E-state index contributed by atoms with van der Waals surface area (Å²) in [5.41, 5.74) is 1.82. The number of anilines is 2. The lowest BCUT2D eigenvalue weighted by atomic mass is 10.2. The zero-order chi connectivity index (χ0) is 16.9. The summed E-state index contributed by atoms with van der Waals surface area (Å²) in [6.45, 7) is 3.05. The molecule has 0 bridgehead atoms. The van der Waals surface area contributed by atoms with Crippen molar-refractivity contribution >= 4 is 17.4 Å². The third kappa shape index (κ3) is 4.52. The van der Waals surface area contributed by atoms with E-state index in [9.17, 15) is 13.6 Å². The quantitative estimate of drug-likeness (QED) is 0.882. The number of nitrogens with one attached hydrogen (secondary N) is 2. The molecule has 126 valence electrons. The summed E-state index contributed by atoms with van der Waals surface area (Å²) in [6.07, 6.45) is 2.45. The Kier molecular flexibility index (Phi) is 5.05. The van der Waals surface area contributed by atoms with Gasteiger partial charge in [-0.3, -0.25) is 4.90 Å². The minimum atomic E-state index is -0.738. The Bertz CT molecular complexity index is 710. The minimum Gasteiger partial charge on any atom is -0.308 e. The number of rotatable bonds is 4. The summed E-state index contributed by atoms with van der Waals surface area (Å²) in [5, 5.41) is 5.11. The zero-order valence-electron chi connectivity index (χ0n) is 13.2. The fourth-order valence-corrected chi connectivity index (χ4v) is 2.87. The monoisotopic (exact) mass is 331 g/mol. The molecule has 0 radical (unpaired) electrons. The predicted octanol–water partition coefficient (Wildman–Crippen LogP) is 4.20. The molecule has 24 heavy (non-hydrogen) atoms. The smallest absolute Gasteiger partial charge is 0.308 e. The van der Waals surface area contributed by atoms with E-state index in [0.717, 1.165) is 43.4 Å². The van der Waals surface area contributed by atoms with Gasteiger partial charge in [-0.1, -0.05) is 12.1 Å². The molecule has 1 heterocycles. The highest BCUT2D eigenvalue weighted by Crippen LogP contribution is 2.17. The van der Waals surface area contributed by atoms with Gasteiger partial charge in [0.05, 0.1) is 0 Å². The molecule has 4 nitrogen and oxygen atoms in total. The summed E-state index contributed by atoms with van der Waals surface area (Å²) in [4.78, 5) is 14.4. The van der Waals surface area contributed by atoms with Crippen molar-refractivity contribution in [3.8, 4) is 0 Å². The number of urea groups is 1. The summed E-state index contributed by atoms with van der Waals surface area (Å²) in [6, 6.07) is 9.91. The highest BCUT2D eigenvalue weighted by atomic mass is 19.1. The number of benzene rings is 2. The molecule has 1 saturated heterocycles. The number of nitrogens with zero attached hydrogens (tertiary/aromatic N) is 1. The van der Waals surface area contributed by atoms with Crippen molar-refractivity contribution in [2.75, 3.05) is 23.7 Å². The molecule has 0 unspecified atom stereocenters. The zero-order valence-corrected chi connectivity index (χ0v) is 13.2. The van der Waals surface area contributed by atoms with Crippen LogP contribution in [-0.4, -0.2) is 24.0 Å². The second-order valence-corrected chi connectivity index (χ2v) is 5.92. The van der Waals surface area contributed by atoms with E-state index in [-0.39, 0.29) is 5.69 Å². The number of carbonyl (C=O) groups is 1. The minimum absolute atomic E-state index is 0.0678. The van der Waals surface area contributed by atoms with Crippen molar-refractivity contribution in [1.82, 2.24) is 4.90 Å². The van der Waals surface area contributed by atoms with Crippen LogP contribution in [0.2, 0.25) is 0 Å². The molecule has 1 aliphatic rings. The van der Waals surface area contributed by atoms with Gasteiger partial charge in [0.2, 0.25) is 0 Å². The van der Waals surface area contributed by atoms with Gasteiger partial charge in [0.25, 0.3) is 0 Å². The lowest BCUT2D eigenvalue weighted by Gasteiger charge is -2.15. The largest absolute Gasteiger partial charge is 0.323 e. The number of hydrogen-bond donors (Lipinski definition) is 2. The Morgan fingerprint density at radius 1 is 0.958 bits per heavy atom. The van der Waals surface area contributed by atoms with E-state index < -0.39 is 17.7 Å². The van der Waals surface area contributed by atoms with Gasteiger partial charge in [0.15, 0.2) is 0 Å². The van der Waals surface area contributed by atoms with Crippen LogP contribution in [0.4, 0.5) is 25.0 Å². The van der Waals surface area contributed by atoms with E-state index in [1.165, 1.54) is 12.8 Å². The highest BCUT2D eigenvalue weighted by Gasteiger charge is 2.12. The standard InChI is InChI=1S/C18H19F2N3O/c19-14-9-15(20)11-17(10-14)22-18(24)21-16-5-3-4-13(8-16)12-23-6-1-2-7-23/h3-5,8-11H,1-2,6-7,12H2,(H2,21,22,24). The average Bonchev–Trinajstić information content (AvgIpc) is 2.99. The van der Waals surface area contributed by atoms with E-state index in [0.29, 0.717) is 5.69 Å². The molecule has 2 amide bonds. The molecule has 0 saturated carbocycles. The number of hydrogen-bond acceptors (Lipinski definition) is 2. The Hall–Kier alpha value is -2.47. The molecular formula is C18H19F2N3O. The van der Waals surface area contributed by atoms with E-state index in [2.05, 4.69) is 15.5 Å². The third-order valence-corrected chi connectivity index (χ3v) is 3.91. The second-order valence-electron chi connectivity index (χ2n) is 5.92. The third-order valence-electron chi connectivity index (χ3n) is 3.91. The van der Waals surface area contributed by atoms with E-state index >= 15 is 0 Å². The van der Waals surface area contributed by atoms with Gasteiger partial charge in [-0.15, -0.1) is 0 Å². The molecule has 0 aromatic heterocycles. The van der Waals surface area contributed by atoms with Crippen LogP contribution in [0.15, 0.2) is 42.5 Å². The summed E-state index contributed by atoms with van der Waals surface area (Å²) in [5.74, 6) is -1.48. The van der Waals surface area contributed by atoms with Crippen LogP contribution in [0.1, 0.15) is 18.4 Å². The normalized spacial score (nSPS) is 14.6. The summed E-state index contributed by atoms with van der Waals surface area (Å²) in [7, 11) is 0. The Labute approximate surface area is 139 Å². The topological polar surface area (TPSA) is 44.4 Å². The lowest BCUT2D eigenvalue weighted by Crippen LogP contribution is -2.20. The molecule has 2 aromatic rings. The molecule has 0 spiro atoms. The first-order valence-corrected chi connectivity index (χ1v) is 7.94. The number of likely N-dealkylation sites (tertiary alicyclic amines) is 1. The average molecular weight is 331 g/mol. The van der Waals surface area contributed by atoms with Crippen molar-refractivity contribution < 1.29 is 13.6 Å². The lowest BCUT2D eigenvalue weighted by molar-refractivity contribution is 0.262. The second kappa shape index (κ2) is 7.40. The Morgan fingerprint density at radius 3 is 2.33 bits per heavy atom. The molecule has 2 aromatic carbocycles. The van der Waals surface area contributed by atoms with Gasteiger partial charge in [-0.2, -0.15) is 0 Å². The van der Waals surface area contributed by atoms with Crippen LogP contribution in [0.25, 0.3) is 0 Å². The van der Waals surface area contributed by atoms with Gasteiger partial charge in [0, 0.05) is 24.0 Å². The maximum Gasteiger partial charge on any atom is 0.323 e. The molecule has 1 fully saturated rings. The molecule has 3 rings (SSSR count). The fourth-order valence-electron chi connectivity index (χ4n) is 2.87. The van der Waals surface area contributed by atoms with Crippen LogP contribution < -0.4 is 10.6 Å². The predicted molar refractivity (Wildman–Crippen MR) is 90.0 cm³/mol. The van der Waals surface area contributed by atoms with Crippen molar-refractivity contribution in [2.24, 2.45) is 0 Å². The summed E-state index contributed by atoms with van der Waals surface area (Å²) >= 11 is 0. The maximum atomic E-state index is 13.1. The first-order valence-electron chi connectivity index (χ1n) is 7.94. The van der Waals surface area contributed by atoms with Gasteiger partial charge in [-0.25, -0.2) is 13.6 Å². The Morgan fingerprint density at radius 2 is 1.62 bits per heavy atom. The molecule has 0 aliphatic carbocycles. The van der Waals surface area contributed by atoms with Crippen molar-refractivity contribution in [3.05, 3.63) is 59.7 Å². The fraction of sp³-hybridized carbons (Fsp3) is 0.278. The van der Waals surface area contributed by atoms with Gasteiger partial charge < -0.3 is 10.6 Å². The molecule has 2 N–H and O–H groups in total. The van der Waals surface area contributed by atoms with Gasteiger partial charge in [0.1, 0.15) is 11.6 Å². The van der Waals surface area contributed by atoms with Crippen molar-refractivity contribution in [2.45, 2.75) is 19.4 Å². The van der Waals surface area contributed by atoms with Crippen LogP contribution in [0, 0.1) is 11.6 Å². The molecule has 1 aliphatic heterocycles. The number of amides is 2. The molecule has 0 atom stereocenters. The van der Waals surface area contributed by atoms with Crippen LogP contribution >= 0.6 is 0 Å². The molecular weight excluding hydrogens is 312 g/mol. The van der Waals surface area contributed by atoms with Crippen LogP contribution in [-0.2, 0) is 6.54 Å². The number of halogens is 2. The van der Waals surface area contributed by atoms with Gasteiger partial charge >= 0.3 is 6.03 Å². The van der Waals surface area contributed by atoms with Crippen molar-refractivity contribution in [1.29, 1.82) is 0 Å². The first kappa shape index (κ1) is 16.4. The maximum absolute atomic E-state index is 13.1. The van der Waals surface area contributed by atoms with E-state index in [1.807, 2.05) is 18.2 Å². The van der Waals surface area contributed by atoms with Gasteiger partial charge in [-0.05, 0) is 55.8 Å². The van der Waals surface area contributed by atoms with Crippen LogP contribution in [0.3, 0.4) is 0 Å². The van der Waals surface area contributed by atoms with E-state index in [4.69, 9.17) is 0 Å². The SMILES string of the molecule is O=C(Nc1cc(F)cc(F)c1)Nc1cccc(CN2CCCC2)c1. The number of carbonyl (C=O) groups excluding carboxylic acids is 1. The summed E-state index contributed by atoms with van der Waals surface area (Å²) < 4.78 is 26.3. The van der Waals surface area contributed by atoms with Crippen LogP contribution in [0.5, 0.6) is 0 Å². The highest BCUT2D eigenvalue weighted by molar-refractivity contribution is 5.99. The Balaban J connectivity index is 1.61. The van der Waals surface area contributed by atoms with E-state index in [1.54, 1.807) is 6.07 Å².